The van der Waals surface area contributed by atoms with Gasteiger partial charge in [-0.3, -0.25) is 4.90 Å². The fourth-order valence-electron chi connectivity index (χ4n) is 5.44. The standard InChI is InChI=1S/C24H26N6OS/c1-14-12-31-7-6-30(14)24-21-20(17(13-32-21)11-29-9-15-8-16(15)10-29)27-23(28-24)19-3-5-26-22-18(19)2-4-25-22/h2-5,13-16H,6-12H2,1H3,(H,25,26)/t14-,15?,16?/m1/s1. The minimum atomic E-state index is 0.288. The molecule has 1 N–H and O–H groups in total. The van der Waals surface area contributed by atoms with E-state index in [9.17, 15) is 0 Å². The Balaban J connectivity index is 1.38. The molecule has 1 saturated carbocycles. The molecule has 6 heterocycles. The molecule has 7 nitrogen and oxygen atoms in total. The molecule has 0 bridgehead atoms. The van der Waals surface area contributed by atoms with Gasteiger partial charge in [-0.2, -0.15) is 0 Å². The van der Waals surface area contributed by atoms with Crippen molar-refractivity contribution in [2.75, 3.05) is 37.7 Å². The number of aromatic nitrogens is 4. The SMILES string of the molecule is C[C@@H]1COCCN1c1nc(-c2ccnc3[nH]ccc23)nc2c(CN3CC4CC4C3)csc12. The van der Waals surface area contributed by atoms with Gasteiger partial charge < -0.3 is 14.6 Å². The summed E-state index contributed by atoms with van der Waals surface area (Å²) < 4.78 is 6.91. The topological polar surface area (TPSA) is 70.2 Å². The van der Waals surface area contributed by atoms with E-state index in [4.69, 9.17) is 14.7 Å². The molecule has 8 heteroatoms. The van der Waals surface area contributed by atoms with Gasteiger partial charge >= 0.3 is 0 Å². The van der Waals surface area contributed by atoms with Crippen LogP contribution in [0.5, 0.6) is 0 Å². The normalized spacial score (nSPS) is 25.7. The lowest BCUT2D eigenvalue weighted by molar-refractivity contribution is 0.0987. The molecule has 3 fully saturated rings. The Morgan fingerprint density at radius 1 is 1.22 bits per heavy atom. The average molecular weight is 447 g/mol. The van der Waals surface area contributed by atoms with Crippen molar-refractivity contribution in [2.45, 2.75) is 25.9 Å². The molecular weight excluding hydrogens is 420 g/mol. The second-order valence-corrected chi connectivity index (χ2v) is 10.4. The number of morpholine rings is 1. The molecule has 1 aliphatic carbocycles. The van der Waals surface area contributed by atoms with Gasteiger partial charge in [-0.15, -0.1) is 11.3 Å². The largest absolute Gasteiger partial charge is 0.377 e. The number of ether oxygens (including phenoxy) is 1. The number of aromatic amines is 1. The van der Waals surface area contributed by atoms with E-state index in [-0.39, 0.29) is 6.04 Å². The van der Waals surface area contributed by atoms with Crippen LogP contribution in [0.25, 0.3) is 32.6 Å². The summed E-state index contributed by atoms with van der Waals surface area (Å²) in [7, 11) is 0. The van der Waals surface area contributed by atoms with E-state index in [2.05, 4.69) is 38.1 Å². The summed E-state index contributed by atoms with van der Waals surface area (Å²) in [6, 6.07) is 4.38. The molecule has 7 rings (SSSR count). The molecule has 32 heavy (non-hydrogen) atoms. The number of H-pyrrole nitrogens is 1. The Bertz CT molecular complexity index is 1300. The third-order valence-electron chi connectivity index (χ3n) is 7.26. The van der Waals surface area contributed by atoms with Gasteiger partial charge in [0.1, 0.15) is 5.65 Å². The average Bonchev–Trinajstić information content (AvgIpc) is 3.18. The predicted molar refractivity (Wildman–Crippen MR) is 127 cm³/mol. The summed E-state index contributed by atoms with van der Waals surface area (Å²) in [6.45, 7) is 7.99. The van der Waals surface area contributed by atoms with E-state index < -0.39 is 0 Å². The summed E-state index contributed by atoms with van der Waals surface area (Å²) in [4.78, 5) is 23.0. The zero-order valence-corrected chi connectivity index (χ0v) is 18.9. The van der Waals surface area contributed by atoms with E-state index in [0.717, 1.165) is 71.9 Å². The highest BCUT2D eigenvalue weighted by molar-refractivity contribution is 7.18. The quantitative estimate of drug-likeness (QED) is 0.513. The molecule has 2 unspecified atom stereocenters. The molecule has 3 aliphatic rings. The predicted octanol–water partition coefficient (Wildman–Crippen LogP) is 3.91. The van der Waals surface area contributed by atoms with Gasteiger partial charge in [-0.25, -0.2) is 15.0 Å². The number of hydrogen-bond donors (Lipinski definition) is 1. The Labute approximate surface area is 190 Å². The van der Waals surface area contributed by atoms with Gasteiger partial charge in [0.15, 0.2) is 11.6 Å². The molecule has 4 aromatic rings. The van der Waals surface area contributed by atoms with Crippen LogP contribution in [0, 0.1) is 11.8 Å². The summed E-state index contributed by atoms with van der Waals surface area (Å²) in [6.07, 6.45) is 5.20. The van der Waals surface area contributed by atoms with Crippen LogP contribution in [0.4, 0.5) is 5.82 Å². The van der Waals surface area contributed by atoms with Crippen molar-refractivity contribution in [3.8, 4) is 11.4 Å². The van der Waals surface area contributed by atoms with Crippen LogP contribution < -0.4 is 4.90 Å². The molecule has 0 spiro atoms. The van der Waals surface area contributed by atoms with E-state index in [1.807, 2.05) is 18.5 Å². The van der Waals surface area contributed by atoms with E-state index in [1.54, 1.807) is 11.3 Å². The van der Waals surface area contributed by atoms with Crippen LogP contribution in [-0.4, -0.2) is 63.7 Å². The Kier molecular flexibility index (Phi) is 4.29. The van der Waals surface area contributed by atoms with Crippen LogP contribution in [0.3, 0.4) is 0 Å². The Hall–Kier alpha value is -2.55. The third kappa shape index (κ3) is 3.04. The van der Waals surface area contributed by atoms with Gasteiger partial charge in [0.05, 0.1) is 29.5 Å². The number of pyridine rings is 1. The van der Waals surface area contributed by atoms with E-state index in [1.165, 1.54) is 29.8 Å². The van der Waals surface area contributed by atoms with Crippen LogP contribution in [0.15, 0.2) is 29.9 Å². The zero-order chi connectivity index (χ0) is 21.2. The zero-order valence-electron chi connectivity index (χ0n) is 18.1. The number of rotatable bonds is 4. The summed E-state index contributed by atoms with van der Waals surface area (Å²) in [5.74, 6) is 3.70. The number of nitrogens with zero attached hydrogens (tertiary/aromatic N) is 5. The summed E-state index contributed by atoms with van der Waals surface area (Å²) in [5, 5.41) is 3.37. The molecule has 2 saturated heterocycles. The highest BCUT2D eigenvalue weighted by Crippen LogP contribution is 2.46. The van der Waals surface area contributed by atoms with Gasteiger partial charge in [-0.05, 0) is 42.7 Å². The first-order valence-electron chi connectivity index (χ1n) is 11.5. The second kappa shape index (κ2) is 7.23. The first kappa shape index (κ1) is 19.0. The first-order chi connectivity index (χ1) is 15.7. The van der Waals surface area contributed by atoms with Crippen LogP contribution in [0.2, 0.25) is 0 Å². The number of nitrogens with one attached hydrogen (secondary N) is 1. The smallest absolute Gasteiger partial charge is 0.163 e. The van der Waals surface area contributed by atoms with Crippen molar-refractivity contribution in [3.63, 3.8) is 0 Å². The molecular formula is C24H26N6OS. The second-order valence-electron chi connectivity index (χ2n) is 9.48. The third-order valence-corrected chi connectivity index (χ3v) is 8.27. The van der Waals surface area contributed by atoms with E-state index in [0.29, 0.717) is 0 Å². The molecule has 4 aromatic heterocycles. The van der Waals surface area contributed by atoms with E-state index >= 15 is 0 Å². The Morgan fingerprint density at radius 3 is 3.00 bits per heavy atom. The molecule has 0 aromatic carbocycles. The molecule has 2 aliphatic heterocycles. The van der Waals surface area contributed by atoms with Crippen molar-refractivity contribution in [1.82, 2.24) is 24.8 Å². The number of anilines is 1. The van der Waals surface area contributed by atoms with Crippen molar-refractivity contribution in [1.29, 1.82) is 0 Å². The van der Waals surface area contributed by atoms with Gasteiger partial charge in [-0.1, -0.05) is 0 Å². The lowest BCUT2D eigenvalue weighted by Crippen LogP contribution is -2.44. The summed E-state index contributed by atoms with van der Waals surface area (Å²) >= 11 is 1.79. The molecule has 0 radical (unpaired) electrons. The van der Waals surface area contributed by atoms with Crippen molar-refractivity contribution < 1.29 is 4.74 Å². The van der Waals surface area contributed by atoms with Crippen LogP contribution in [-0.2, 0) is 11.3 Å². The molecule has 0 amide bonds. The minimum absolute atomic E-state index is 0.288. The van der Waals surface area contributed by atoms with Gasteiger partial charge in [0.25, 0.3) is 0 Å². The van der Waals surface area contributed by atoms with Crippen LogP contribution in [0.1, 0.15) is 18.9 Å². The maximum Gasteiger partial charge on any atom is 0.163 e. The number of hydrogen-bond acceptors (Lipinski definition) is 7. The van der Waals surface area contributed by atoms with Gasteiger partial charge in [0.2, 0.25) is 0 Å². The number of likely N-dealkylation sites (tertiary alicyclic amines) is 1. The highest BCUT2D eigenvalue weighted by atomic mass is 32.1. The lowest BCUT2D eigenvalue weighted by Gasteiger charge is -2.34. The maximum absolute atomic E-state index is 5.71. The number of fused-ring (bicyclic) bond motifs is 3. The molecule has 164 valence electrons. The first-order valence-corrected chi connectivity index (χ1v) is 12.4. The van der Waals surface area contributed by atoms with Crippen molar-refractivity contribution in [2.24, 2.45) is 11.8 Å². The van der Waals surface area contributed by atoms with Crippen LogP contribution >= 0.6 is 11.3 Å². The molecule has 3 atom stereocenters. The monoisotopic (exact) mass is 446 g/mol. The van der Waals surface area contributed by atoms with Gasteiger partial charge in [0, 0.05) is 55.1 Å². The Morgan fingerprint density at radius 2 is 2.12 bits per heavy atom. The van der Waals surface area contributed by atoms with Crippen molar-refractivity contribution in [3.05, 3.63) is 35.5 Å². The summed E-state index contributed by atoms with van der Waals surface area (Å²) in [5.41, 5.74) is 4.33. The van der Waals surface area contributed by atoms with Crippen molar-refractivity contribution >= 4 is 38.4 Å². The fourth-order valence-corrected chi connectivity index (χ4v) is 6.44. The fraction of sp³-hybridized carbons (Fsp3) is 0.458. The minimum Gasteiger partial charge on any atom is -0.377 e. The number of piperidine rings is 1. The number of thiophene rings is 1. The lowest BCUT2D eigenvalue weighted by atomic mass is 10.1. The highest BCUT2D eigenvalue weighted by Gasteiger charge is 2.44. The maximum atomic E-state index is 5.71.